The Hall–Kier alpha value is -1.85. The second-order valence-corrected chi connectivity index (χ2v) is 5.90. The van der Waals surface area contributed by atoms with Crippen molar-refractivity contribution in [2.24, 2.45) is 7.05 Å². The summed E-state index contributed by atoms with van der Waals surface area (Å²) in [5.41, 5.74) is 1.29. The van der Waals surface area contributed by atoms with Crippen molar-refractivity contribution in [1.29, 1.82) is 0 Å². The topological polar surface area (TPSA) is 84.2 Å². The summed E-state index contributed by atoms with van der Waals surface area (Å²) >= 11 is 0. The van der Waals surface area contributed by atoms with Crippen molar-refractivity contribution >= 4 is 11.9 Å². The molecule has 0 aliphatic carbocycles. The molecule has 0 aromatic carbocycles. The summed E-state index contributed by atoms with van der Waals surface area (Å²) in [5.74, 6) is -0.983. The number of carbonyl (C=O) groups excluding carboxylic acids is 1. The third-order valence-electron chi connectivity index (χ3n) is 2.98. The fourth-order valence-electron chi connectivity index (χ4n) is 1.74. The van der Waals surface area contributed by atoms with Crippen LogP contribution in [0.5, 0.6) is 0 Å². The molecule has 0 bridgehead atoms. The van der Waals surface area contributed by atoms with Crippen molar-refractivity contribution < 1.29 is 14.7 Å². The summed E-state index contributed by atoms with van der Waals surface area (Å²) in [6, 6.07) is 1.80. The molecule has 1 heterocycles. The molecule has 0 atom stereocenters. The number of aromatic nitrogens is 2. The first-order chi connectivity index (χ1) is 9.21. The van der Waals surface area contributed by atoms with E-state index in [1.54, 1.807) is 17.8 Å². The van der Waals surface area contributed by atoms with Gasteiger partial charge in [0.15, 0.2) is 0 Å². The molecule has 0 unspecified atom stereocenters. The van der Waals surface area contributed by atoms with Gasteiger partial charge >= 0.3 is 5.97 Å². The Morgan fingerprint density at radius 1 is 1.35 bits per heavy atom. The van der Waals surface area contributed by atoms with E-state index in [4.69, 9.17) is 5.11 Å². The van der Waals surface area contributed by atoms with Gasteiger partial charge in [0.2, 0.25) is 0 Å². The minimum atomic E-state index is -0.808. The molecule has 0 spiro atoms. The summed E-state index contributed by atoms with van der Waals surface area (Å²) in [7, 11) is 1.74. The van der Waals surface area contributed by atoms with E-state index >= 15 is 0 Å². The van der Waals surface area contributed by atoms with Crippen molar-refractivity contribution in [3.05, 3.63) is 17.5 Å². The molecule has 112 valence electrons. The number of nitrogens with zero attached hydrogens (tertiary/aromatic N) is 2. The Labute approximate surface area is 119 Å². The lowest BCUT2D eigenvalue weighted by molar-refractivity contribution is -0.137. The molecular formula is C14H23N3O3. The maximum absolute atomic E-state index is 12.0. The number of amides is 1. The van der Waals surface area contributed by atoms with E-state index in [9.17, 15) is 9.59 Å². The Bertz CT molecular complexity index is 486. The first-order valence-electron chi connectivity index (χ1n) is 6.76. The van der Waals surface area contributed by atoms with Gasteiger partial charge in [0.1, 0.15) is 5.69 Å². The molecular weight excluding hydrogens is 258 g/mol. The highest BCUT2D eigenvalue weighted by molar-refractivity contribution is 5.92. The number of hydrogen-bond acceptors (Lipinski definition) is 3. The Morgan fingerprint density at radius 2 is 2.00 bits per heavy atom. The van der Waals surface area contributed by atoms with Gasteiger partial charge in [-0.15, -0.1) is 0 Å². The van der Waals surface area contributed by atoms with Gasteiger partial charge in [0.25, 0.3) is 5.91 Å². The second kappa shape index (κ2) is 6.54. The monoisotopic (exact) mass is 281 g/mol. The Kier molecular flexibility index (Phi) is 5.30. The first kappa shape index (κ1) is 16.2. The zero-order valence-corrected chi connectivity index (χ0v) is 12.6. The van der Waals surface area contributed by atoms with Crippen LogP contribution in [0.15, 0.2) is 6.07 Å². The highest BCUT2D eigenvalue weighted by Crippen LogP contribution is 2.21. The van der Waals surface area contributed by atoms with E-state index < -0.39 is 5.97 Å². The molecule has 6 nitrogen and oxygen atoms in total. The van der Waals surface area contributed by atoms with E-state index in [1.807, 2.05) is 20.8 Å². The van der Waals surface area contributed by atoms with E-state index in [0.29, 0.717) is 25.1 Å². The molecule has 0 radical (unpaired) electrons. The average Bonchev–Trinajstić information content (AvgIpc) is 2.70. The molecule has 0 aliphatic heterocycles. The lowest BCUT2D eigenvalue weighted by atomic mass is 9.92. The van der Waals surface area contributed by atoms with Gasteiger partial charge < -0.3 is 10.4 Å². The number of nitrogens with one attached hydrogen (secondary N) is 1. The number of carboxylic acids is 1. The standard InChI is InChI=1S/C14H23N3O3/c1-14(2,3)11-9-10(17(4)16-11)13(20)15-8-6-5-7-12(18)19/h9H,5-8H2,1-4H3,(H,15,20)(H,18,19). The minimum Gasteiger partial charge on any atom is -0.481 e. The molecule has 2 N–H and O–H groups in total. The number of aliphatic carboxylic acids is 1. The zero-order valence-electron chi connectivity index (χ0n) is 12.6. The summed E-state index contributed by atoms with van der Waals surface area (Å²) < 4.78 is 1.58. The Morgan fingerprint density at radius 3 is 2.50 bits per heavy atom. The molecule has 20 heavy (non-hydrogen) atoms. The summed E-state index contributed by atoms with van der Waals surface area (Å²) in [6.45, 7) is 6.61. The molecule has 0 aliphatic rings. The molecule has 1 rings (SSSR count). The minimum absolute atomic E-state index is 0.0994. The van der Waals surface area contributed by atoms with Gasteiger partial charge in [-0.2, -0.15) is 5.10 Å². The number of rotatable bonds is 6. The van der Waals surface area contributed by atoms with Gasteiger partial charge in [-0.3, -0.25) is 14.3 Å². The normalized spacial score (nSPS) is 11.4. The first-order valence-corrected chi connectivity index (χ1v) is 6.76. The van der Waals surface area contributed by atoms with Crippen LogP contribution in [0.4, 0.5) is 0 Å². The lowest BCUT2D eigenvalue weighted by Crippen LogP contribution is -2.26. The van der Waals surface area contributed by atoms with Gasteiger partial charge in [-0.25, -0.2) is 0 Å². The van der Waals surface area contributed by atoms with Gasteiger partial charge in [-0.1, -0.05) is 20.8 Å². The zero-order chi connectivity index (χ0) is 15.3. The summed E-state index contributed by atoms with van der Waals surface area (Å²) in [6.07, 6.45) is 1.35. The fraction of sp³-hybridized carbons (Fsp3) is 0.643. The van der Waals surface area contributed by atoms with Crippen molar-refractivity contribution in [1.82, 2.24) is 15.1 Å². The van der Waals surface area contributed by atoms with Crippen molar-refractivity contribution in [3.63, 3.8) is 0 Å². The second-order valence-electron chi connectivity index (χ2n) is 5.90. The van der Waals surface area contributed by atoms with Crippen LogP contribution >= 0.6 is 0 Å². The molecule has 1 aromatic heterocycles. The van der Waals surface area contributed by atoms with Crippen LogP contribution in [0.1, 0.15) is 56.2 Å². The maximum atomic E-state index is 12.0. The van der Waals surface area contributed by atoms with Crippen LogP contribution < -0.4 is 5.32 Å². The predicted molar refractivity (Wildman–Crippen MR) is 75.7 cm³/mol. The van der Waals surface area contributed by atoms with Gasteiger partial charge in [-0.05, 0) is 18.9 Å². The van der Waals surface area contributed by atoms with Crippen LogP contribution in [-0.2, 0) is 17.3 Å². The van der Waals surface area contributed by atoms with Crippen LogP contribution in [0.3, 0.4) is 0 Å². The number of hydrogen-bond donors (Lipinski definition) is 2. The van der Waals surface area contributed by atoms with Crippen molar-refractivity contribution in [2.75, 3.05) is 6.54 Å². The molecule has 0 saturated heterocycles. The van der Waals surface area contributed by atoms with Gasteiger partial charge in [0.05, 0.1) is 5.69 Å². The highest BCUT2D eigenvalue weighted by Gasteiger charge is 2.21. The van der Waals surface area contributed by atoms with E-state index in [-0.39, 0.29) is 17.7 Å². The molecule has 1 aromatic rings. The Balaban J connectivity index is 2.52. The smallest absolute Gasteiger partial charge is 0.303 e. The summed E-state index contributed by atoms with van der Waals surface area (Å²) in [4.78, 5) is 22.4. The van der Waals surface area contributed by atoms with Crippen LogP contribution in [0, 0.1) is 0 Å². The number of carboxylic acid groups (broad SMARTS) is 1. The molecule has 1 amide bonds. The predicted octanol–water partition coefficient (Wildman–Crippen LogP) is 1.70. The lowest BCUT2D eigenvalue weighted by Gasteiger charge is -2.13. The van der Waals surface area contributed by atoms with Crippen LogP contribution in [0.2, 0.25) is 0 Å². The third-order valence-corrected chi connectivity index (χ3v) is 2.98. The van der Waals surface area contributed by atoms with Gasteiger partial charge in [0, 0.05) is 25.4 Å². The molecule has 0 fully saturated rings. The fourth-order valence-corrected chi connectivity index (χ4v) is 1.74. The van der Waals surface area contributed by atoms with E-state index in [1.165, 1.54) is 0 Å². The highest BCUT2D eigenvalue weighted by atomic mass is 16.4. The van der Waals surface area contributed by atoms with E-state index in [2.05, 4.69) is 10.4 Å². The van der Waals surface area contributed by atoms with Crippen molar-refractivity contribution in [2.45, 2.75) is 45.4 Å². The van der Waals surface area contributed by atoms with Crippen molar-refractivity contribution in [3.8, 4) is 0 Å². The third kappa shape index (κ3) is 4.68. The summed E-state index contributed by atoms with van der Waals surface area (Å²) in [5, 5.41) is 15.7. The van der Waals surface area contributed by atoms with Crippen LogP contribution in [-0.4, -0.2) is 33.3 Å². The largest absolute Gasteiger partial charge is 0.481 e. The van der Waals surface area contributed by atoms with Crippen LogP contribution in [0.25, 0.3) is 0 Å². The maximum Gasteiger partial charge on any atom is 0.303 e. The quantitative estimate of drug-likeness (QED) is 0.777. The number of carbonyl (C=O) groups is 2. The van der Waals surface area contributed by atoms with E-state index in [0.717, 1.165) is 5.69 Å². The number of aryl methyl sites for hydroxylation is 1. The molecule has 0 saturated carbocycles. The SMILES string of the molecule is Cn1nc(C(C)(C)C)cc1C(=O)NCCCCC(=O)O. The number of unbranched alkanes of at least 4 members (excludes halogenated alkanes) is 1. The average molecular weight is 281 g/mol. The molecule has 6 heteroatoms.